The van der Waals surface area contributed by atoms with E-state index in [1.165, 1.54) is 24.8 Å². The van der Waals surface area contributed by atoms with Gasteiger partial charge in [-0.05, 0) is 99.5 Å². The minimum absolute atomic E-state index is 0.0731. The van der Waals surface area contributed by atoms with Crippen molar-refractivity contribution in [1.82, 2.24) is 19.1 Å². The molecule has 2 heterocycles. The van der Waals surface area contributed by atoms with Gasteiger partial charge >= 0.3 is 0 Å². The highest BCUT2D eigenvalue weighted by molar-refractivity contribution is 7.83. The molecule has 2 amide bonds. The molecule has 10 heteroatoms. The summed E-state index contributed by atoms with van der Waals surface area (Å²) in [5, 5.41) is 1.10. The molecule has 3 aliphatic rings. The minimum Gasteiger partial charge on any atom is -0.497 e. The lowest BCUT2D eigenvalue weighted by Gasteiger charge is -2.40. The van der Waals surface area contributed by atoms with Gasteiger partial charge in [0.15, 0.2) is 0 Å². The normalized spacial score (nSPS) is 20.9. The van der Waals surface area contributed by atoms with Gasteiger partial charge in [-0.1, -0.05) is 25.3 Å². The Labute approximate surface area is 274 Å². The van der Waals surface area contributed by atoms with E-state index in [0.29, 0.717) is 18.0 Å². The zero-order valence-corrected chi connectivity index (χ0v) is 28.2. The first-order chi connectivity index (χ1) is 22.2. The first kappa shape index (κ1) is 32.7. The van der Waals surface area contributed by atoms with Crippen molar-refractivity contribution in [2.75, 3.05) is 46.2 Å². The van der Waals surface area contributed by atoms with Crippen molar-refractivity contribution < 1.29 is 22.9 Å². The Balaban J connectivity index is 1.48. The van der Waals surface area contributed by atoms with Crippen LogP contribution in [0.15, 0.2) is 42.5 Å². The average Bonchev–Trinajstić information content (AvgIpc) is 3.79. The summed E-state index contributed by atoms with van der Waals surface area (Å²) in [6.45, 7) is 4.55. The van der Waals surface area contributed by atoms with Crippen molar-refractivity contribution in [2.24, 2.45) is 5.41 Å². The molecule has 2 aromatic carbocycles. The molecule has 0 spiro atoms. The van der Waals surface area contributed by atoms with Crippen LogP contribution < -0.4 is 9.46 Å². The van der Waals surface area contributed by atoms with Crippen molar-refractivity contribution in [3.05, 3.63) is 53.6 Å². The number of fused-ring (bicyclic) bond motifs is 1. The lowest BCUT2D eigenvalue weighted by atomic mass is 9.81. The number of piperazine rings is 1. The van der Waals surface area contributed by atoms with Crippen LogP contribution in [0.25, 0.3) is 22.2 Å². The summed E-state index contributed by atoms with van der Waals surface area (Å²) in [6, 6.07) is 14.1. The van der Waals surface area contributed by atoms with Crippen molar-refractivity contribution in [3.8, 4) is 17.0 Å². The number of carbonyl (C=O) groups is 2. The number of methoxy groups -OCH3 is 1. The number of alkyl halides is 1. The molecule has 6 rings (SSSR count). The fourth-order valence-corrected chi connectivity index (χ4v) is 8.38. The van der Waals surface area contributed by atoms with Crippen LogP contribution in [0.1, 0.15) is 80.1 Å². The highest BCUT2D eigenvalue weighted by Crippen LogP contribution is 2.52. The lowest BCUT2D eigenvalue weighted by molar-refractivity contribution is -0.141. The molecular formula is C36H47FN4O4S. The number of hydrogen-bond donors (Lipinski definition) is 1. The maximum Gasteiger partial charge on any atom is 0.263 e. The zero-order valence-electron chi connectivity index (χ0n) is 27.4. The molecule has 3 fully saturated rings. The molecule has 2 unspecified atom stereocenters. The first-order valence-electron chi connectivity index (χ1n) is 16.8. The van der Waals surface area contributed by atoms with E-state index in [4.69, 9.17) is 4.74 Å². The molecule has 2 saturated carbocycles. The molecule has 1 aliphatic heterocycles. The van der Waals surface area contributed by atoms with Gasteiger partial charge in [-0.25, -0.2) is 4.21 Å². The van der Waals surface area contributed by atoms with Crippen LogP contribution in [0.2, 0.25) is 0 Å². The topological polar surface area (TPSA) is 83.9 Å². The first-order valence-corrected chi connectivity index (χ1v) is 18.1. The van der Waals surface area contributed by atoms with Crippen molar-refractivity contribution in [3.63, 3.8) is 0 Å². The SMILES string of the molecule is COc1ccc(-c2c(C3CCCCC3)c3ccc(C(=O)NS(=O)CCCF)cc3n2CC2(C(=O)N3CCN(C)CC3C)CC2)cc1. The fourth-order valence-electron chi connectivity index (χ4n) is 7.58. The molecule has 1 N–H and O–H groups in total. The Hall–Kier alpha value is -3.24. The van der Waals surface area contributed by atoms with Crippen LogP contribution >= 0.6 is 0 Å². The molecule has 3 aromatic rings. The zero-order chi connectivity index (χ0) is 32.4. The molecule has 2 atom stereocenters. The summed E-state index contributed by atoms with van der Waals surface area (Å²) in [7, 11) is 2.11. The van der Waals surface area contributed by atoms with E-state index in [1.807, 2.05) is 30.3 Å². The number of carbonyl (C=O) groups excluding carboxylic acids is 2. The number of aromatic nitrogens is 1. The number of halogens is 1. The summed E-state index contributed by atoms with van der Waals surface area (Å²) < 4.78 is 35.5. The lowest BCUT2D eigenvalue weighted by Crippen LogP contribution is -2.55. The van der Waals surface area contributed by atoms with Crippen LogP contribution in [-0.2, 0) is 22.3 Å². The number of nitrogens with one attached hydrogen (secondary N) is 1. The van der Waals surface area contributed by atoms with Crippen LogP contribution in [0.5, 0.6) is 5.75 Å². The Morgan fingerprint density at radius 1 is 1.07 bits per heavy atom. The Morgan fingerprint density at radius 2 is 1.80 bits per heavy atom. The molecular weight excluding hydrogens is 603 g/mol. The van der Waals surface area contributed by atoms with Gasteiger partial charge in [-0.15, -0.1) is 0 Å². The van der Waals surface area contributed by atoms with Gasteiger partial charge in [0.1, 0.15) is 16.7 Å². The number of rotatable bonds is 11. The second-order valence-electron chi connectivity index (χ2n) is 13.6. The van der Waals surface area contributed by atoms with Gasteiger partial charge in [0.2, 0.25) is 5.91 Å². The number of likely N-dealkylation sites (N-methyl/N-ethyl adjacent to an activating group) is 1. The van der Waals surface area contributed by atoms with E-state index in [2.05, 4.69) is 45.2 Å². The maximum absolute atomic E-state index is 14.3. The highest BCUT2D eigenvalue weighted by atomic mass is 32.2. The van der Waals surface area contributed by atoms with Crippen molar-refractivity contribution in [2.45, 2.75) is 76.8 Å². The van der Waals surface area contributed by atoms with Gasteiger partial charge in [0, 0.05) is 54.4 Å². The van der Waals surface area contributed by atoms with E-state index < -0.39 is 29.0 Å². The van der Waals surface area contributed by atoms with Gasteiger partial charge in [0.05, 0.1) is 24.9 Å². The van der Waals surface area contributed by atoms with Crippen molar-refractivity contribution in [1.29, 1.82) is 0 Å². The molecule has 0 bridgehead atoms. The quantitative estimate of drug-likeness (QED) is 0.273. The van der Waals surface area contributed by atoms with E-state index in [9.17, 15) is 18.2 Å². The molecule has 2 aliphatic carbocycles. The largest absolute Gasteiger partial charge is 0.497 e. The predicted molar refractivity (Wildman–Crippen MR) is 181 cm³/mol. The molecule has 8 nitrogen and oxygen atoms in total. The number of hydrogen-bond acceptors (Lipinski definition) is 5. The standard InChI is InChI=1S/C36H47FN4O4S/c1-25-23-39(2)19-20-40(25)35(43)36(16-17-36)24-41-31-22-28(34(42)38-46(44)21-7-18-37)12-15-30(31)32(26-8-5-4-6-9-26)33(41)27-10-13-29(45-3)14-11-27/h10-15,22,25-26H,4-9,16-21,23-24H2,1-3H3,(H,38,42). The average molecular weight is 651 g/mol. The third kappa shape index (κ3) is 6.61. The number of ether oxygens (including phenoxy) is 1. The summed E-state index contributed by atoms with van der Waals surface area (Å²) >= 11 is 0. The third-order valence-electron chi connectivity index (χ3n) is 10.3. The van der Waals surface area contributed by atoms with Crippen LogP contribution in [0.4, 0.5) is 4.39 Å². The predicted octanol–water partition coefficient (Wildman–Crippen LogP) is 6.06. The molecule has 0 radical (unpaired) electrons. The van der Waals surface area contributed by atoms with Gasteiger partial charge in [0.25, 0.3) is 5.91 Å². The van der Waals surface area contributed by atoms with Gasteiger partial charge in [-0.3, -0.25) is 18.7 Å². The molecule has 1 saturated heterocycles. The second kappa shape index (κ2) is 13.9. The van der Waals surface area contributed by atoms with E-state index in [-0.39, 0.29) is 24.1 Å². The van der Waals surface area contributed by atoms with Crippen molar-refractivity contribution >= 4 is 33.7 Å². The molecule has 1 aromatic heterocycles. The van der Waals surface area contributed by atoms with Crippen LogP contribution in [0.3, 0.4) is 0 Å². The van der Waals surface area contributed by atoms with Gasteiger partial charge in [-0.2, -0.15) is 0 Å². The monoisotopic (exact) mass is 650 g/mol. The maximum atomic E-state index is 14.3. The number of benzene rings is 2. The number of amides is 2. The number of nitrogens with zero attached hydrogens (tertiary/aromatic N) is 3. The smallest absolute Gasteiger partial charge is 0.263 e. The Bertz CT molecular complexity index is 1600. The molecule has 248 valence electrons. The Morgan fingerprint density at radius 3 is 2.46 bits per heavy atom. The van der Waals surface area contributed by atoms with E-state index in [0.717, 1.165) is 73.2 Å². The fraction of sp³-hybridized carbons (Fsp3) is 0.556. The van der Waals surface area contributed by atoms with Gasteiger partial charge < -0.3 is 19.1 Å². The Kier molecular flexibility index (Phi) is 9.85. The van der Waals surface area contributed by atoms with E-state index >= 15 is 0 Å². The second-order valence-corrected chi connectivity index (χ2v) is 14.9. The summed E-state index contributed by atoms with van der Waals surface area (Å²) in [5.74, 6) is 1.01. The summed E-state index contributed by atoms with van der Waals surface area (Å²) in [5.41, 5.74) is 4.29. The van der Waals surface area contributed by atoms with E-state index in [1.54, 1.807) is 7.11 Å². The van der Waals surface area contributed by atoms with Crippen LogP contribution in [0, 0.1) is 5.41 Å². The molecule has 46 heavy (non-hydrogen) atoms. The highest BCUT2D eigenvalue weighted by Gasteiger charge is 2.53. The van der Waals surface area contributed by atoms with Crippen LogP contribution in [-0.4, -0.2) is 82.7 Å². The third-order valence-corrected chi connectivity index (χ3v) is 11.3. The summed E-state index contributed by atoms with van der Waals surface area (Å²) in [4.78, 5) is 32.0. The minimum atomic E-state index is -1.66. The summed E-state index contributed by atoms with van der Waals surface area (Å²) in [6.07, 6.45) is 7.58.